The fourth-order valence-corrected chi connectivity index (χ4v) is 1.78. The number of rotatable bonds is 4. The number of ether oxygens (including phenoxy) is 1. The number of nitrogens with two attached hydrogens (primary N) is 1. The molecule has 4 nitrogen and oxygen atoms in total. The summed E-state index contributed by atoms with van der Waals surface area (Å²) in [4.78, 5) is 11.8. The largest absolute Gasteiger partial charge is 0.484 e. The van der Waals surface area contributed by atoms with Crippen molar-refractivity contribution >= 4 is 28.9 Å². The minimum Gasteiger partial charge on any atom is -0.484 e. The zero-order valence-corrected chi connectivity index (χ0v) is 11.8. The van der Waals surface area contributed by atoms with E-state index in [1.54, 1.807) is 18.2 Å². The van der Waals surface area contributed by atoms with E-state index >= 15 is 0 Å². The van der Waals surface area contributed by atoms with Crippen LogP contribution in [0, 0.1) is 6.92 Å². The lowest BCUT2D eigenvalue weighted by Crippen LogP contribution is -2.20. The van der Waals surface area contributed by atoms with Crippen molar-refractivity contribution in [3.8, 4) is 5.75 Å². The fourth-order valence-electron chi connectivity index (χ4n) is 1.61. The van der Waals surface area contributed by atoms with Crippen LogP contribution < -0.4 is 15.8 Å². The number of hydrogen-bond acceptors (Lipinski definition) is 3. The van der Waals surface area contributed by atoms with Crippen molar-refractivity contribution in [2.75, 3.05) is 17.7 Å². The van der Waals surface area contributed by atoms with Crippen molar-refractivity contribution in [2.45, 2.75) is 6.92 Å². The van der Waals surface area contributed by atoms with Crippen LogP contribution in [0.1, 0.15) is 5.56 Å². The molecule has 0 heterocycles. The van der Waals surface area contributed by atoms with E-state index in [0.717, 1.165) is 5.56 Å². The smallest absolute Gasteiger partial charge is 0.262 e. The lowest BCUT2D eigenvalue weighted by atomic mass is 10.2. The second-order valence-electron chi connectivity index (χ2n) is 4.38. The first-order valence-corrected chi connectivity index (χ1v) is 6.47. The van der Waals surface area contributed by atoms with Gasteiger partial charge in [-0.1, -0.05) is 29.3 Å². The molecule has 2 rings (SSSR count). The number of anilines is 2. The molecule has 0 bridgehead atoms. The Bertz CT molecular complexity index is 612. The second kappa shape index (κ2) is 6.30. The highest BCUT2D eigenvalue weighted by atomic mass is 35.5. The normalized spacial score (nSPS) is 10.1. The van der Waals surface area contributed by atoms with Gasteiger partial charge in [-0.3, -0.25) is 4.79 Å². The summed E-state index contributed by atoms with van der Waals surface area (Å²) >= 11 is 5.85. The van der Waals surface area contributed by atoms with E-state index in [0.29, 0.717) is 22.1 Å². The Labute approximate surface area is 122 Å². The molecule has 1 amide bonds. The number of carbonyl (C=O) groups is 1. The first kappa shape index (κ1) is 14.2. The first-order chi connectivity index (χ1) is 9.54. The van der Waals surface area contributed by atoms with Gasteiger partial charge in [-0.25, -0.2) is 0 Å². The molecule has 0 saturated carbocycles. The molecule has 0 unspecified atom stereocenters. The van der Waals surface area contributed by atoms with Crippen molar-refractivity contribution in [1.29, 1.82) is 0 Å². The summed E-state index contributed by atoms with van der Waals surface area (Å²) in [5, 5.41) is 3.17. The minimum atomic E-state index is -0.292. The van der Waals surface area contributed by atoms with Crippen LogP contribution >= 0.6 is 11.6 Å². The van der Waals surface area contributed by atoms with E-state index in [4.69, 9.17) is 22.1 Å². The Hall–Kier alpha value is -2.20. The Kier molecular flexibility index (Phi) is 4.48. The average Bonchev–Trinajstić information content (AvgIpc) is 2.42. The Morgan fingerprint density at radius 2 is 1.95 bits per heavy atom. The topological polar surface area (TPSA) is 64.3 Å². The van der Waals surface area contributed by atoms with Crippen LogP contribution in [-0.4, -0.2) is 12.5 Å². The van der Waals surface area contributed by atoms with Gasteiger partial charge in [0.15, 0.2) is 6.61 Å². The summed E-state index contributed by atoms with van der Waals surface area (Å²) in [6.45, 7) is 1.90. The number of amides is 1. The zero-order valence-electron chi connectivity index (χ0n) is 11.0. The molecule has 0 fully saturated rings. The number of benzene rings is 2. The van der Waals surface area contributed by atoms with Crippen molar-refractivity contribution in [1.82, 2.24) is 0 Å². The lowest BCUT2D eigenvalue weighted by molar-refractivity contribution is -0.118. The molecule has 3 N–H and O–H groups in total. The maximum absolute atomic E-state index is 11.8. The maximum Gasteiger partial charge on any atom is 0.262 e. The lowest BCUT2D eigenvalue weighted by Gasteiger charge is -2.10. The average molecular weight is 291 g/mol. The Balaban J connectivity index is 1.92. The molecule has 0 atom stereocenters. The van der Waals surface area contributed by atoms with Gasteiger partial charge in [-0.15, -0.1) is 0 Å². The van der Waals surface area contributed by atoms with Crippen LogP contribution in [0.15, 0.2) is 42.5 Å². The molecule has 0 aromatic heterocycles. The molecule has 0 saturated heterocycles. The predicted octanol–water partition coefficient (Wildman–Crippen LogP) is 3.25. The van der Waals surface area contributed by atoms with Gasteiger partial charge in [-0.05, 0) is 37.3 Å². The molecular formula is C15H15ClN2O2. The van der Waals surface area contributed by atoms with Gasteiger partial charge in [0.05, 0.1) is 11.4 Å². The van der Waals surface area contributed by atoms with Crippen molar-refractivity contribution < 1.29 is 9.53 Å². The summed E-state index contributed by atoms with van der Waals surface area (Å²) in [5.74, 6) is 0.351. The molecular weight excluding hydrogens is 276 g/mol. The highest BCUT2D eigenvalue weighted by Gasteiger charge is 2.07. The SMILES string of the molecule is Cc1ccc(OCC(=O)Nc2cc(Cl)ccc2N)cc1. The molecule has 0 radical (unpaired) electrons. The fraction of sp³-hybridized carbons (Fsp3) is 0.133. The maximum atomic E-state index is 11.8. The monoisotopic (exact) mass is 290 g/mol. The van der Waals surface area contributed by atoms with E-state index < -0.39 is 0 Å². The van der Waals surface area contributed by atoms with E-state index in [9.17, 15) is 4.79 Å². The van der Waals surface area contributed by atoms with Crippen molar-refractivity contribution in [2.24, 2.45) is 0 Å². The van der Waals surface area contributed by atoms with Crippen LogP contribution in [0.2, 0.25) is 5.02 Å². The van der Waals surface area contributed by atoms with Crippen LogP contribution in [0.4, 0.5) is 11.4 Å². The van der Waals surface area contributed by atoms with Crippen LogP contribution in [0.25, 0.3) is 0 Å². The highest BCUT2D eigenvalue weighted by molar-refractivity contribution is 6.31. The van der Waals surface area contributed by atoms with Gasteiger partial charge < -0.3 is 15.8 Å². The molecule has 0 aliphatic heterocycles. The first-order valence-electron chi connectivity index (χ1n) is 6.09. The summed E-state index contributed by atoms with van der Waals surface area (Å²) < 4.78 is 5.38. The molecule has 2 aromatic rings. The number of hydrogen-bond donors (Lipinski definition) is 2. The van der Waals surface area contributed by atoms with E-state index in [1.165, 1.54) is 0 Å². The summed E-state index contributed by atoms with van der Waals surface area (Å²) in [6.07, 6.45) is 0. The van der Waals surface area contributed by atoms with E-state index in [-0.39, 0.29) is 12.5 Å². The molecule has 0 aliphatic rings. The summed E-state index contributed by atoms with van der Waals surface area (Å²) in [6, 6.07) is 12.4. The predicted molar refractivity (Wildman–Crippen MR) is 81.2 cm³/mol. The highest BCUT2D eigenvalue weighted by Crippen LogP contribution is 2.22. The number of nitrogen functional groups attached to an aromatic ring is 1. The second-order valence-corrected chi connectivity index (χ2v) is 4.82. The van der Waals surface area contributed by atoms with Gasteiger partial charge in [0, 0.05) is 5.02 Å². The van der Waals surface area contributed by atoms with Gasteiger partial charge in [-0.2, -0.15) is 0 Å². The van der Waals surface area contributed by atoms with Crippen LogP contribution in [-0.2, 0) is 4.79 Å². The number of aryl methyl sites for hydroxylation is 1. The third kappa shape index (κ3) is 3.90. The number of halogens is 1. The number of nitrogens with one attached hydrogen (secondary N) is 1. The third-order valence-electron chi connectivity index (χ3n) is 2.68. The van der Waals surface area contributed by atoms with E-state index in [1.807, 2.05) is 31.2 Å². The quantitative estimate of drug-likeness (QED) is 0.850. The number of carbonyl (C=O) groups excluding carboxylic acids is 1. The van der Waals surface area contributed by atoms with Crippen molar-refractivity contribution in [3.05, 3.63) is 53.1 Å². The van der Waals surface area contributed by atoms with Gasteiger partial charge in [0.2, 0.25) is 0 Å². The Morgan fingerprint density at radius 1 is 1.25 bits per heavy atom. The minimum absolute atomic E-state index is 0.0883. The van der Waals surface area contributed by atoms with Gasteiger partial charge >= 0.3 is 0 Å². The summed E-state index contributed by atoms with van der Waals surface area (Å²) in [5.41, 5.74) is 7.82. The van der Waals surface area contributed by atoms with Crippen LogP contribution in [0.3, 0.4) is 0 Å². The molecule has 20 heavy (non-hydrogen) atoms. The standard InChI is InChI=1S/C15H15ClN2O2/c1-10-2-5-12(6-3-10)20-9-15(19)18-14-8-11(16)4-7-13(14)17/h2-8H,9,17H2,1H3,(H,18,19). The molecule has 2 aromatic carbocycles. The Morgan fingerprint density at radius 3 is 2.65 bits per heavy atom. The molecule has 104 valence electrons. The molecule has 0 spiro atoms. The molecule has 0 aliphatic carbocycles. The molecule has 5 heteroatoms. The van der Waals surface area contributed by atoms with E-state index in [2.05, 4.69) is 5.32 Å². The van der Waals surface area contributed by atoms with Gasteiger partial charge in [0.1, 0.15) is 5.75 Å². The third-order valence-corrected chi connectivity index (χ3v) is 2.92. The van der Waals surface area contributed by atoms with Crippen LogP contribution in [0.5, 0.6) is 5.75 Å². The zero-order chi connectivity index (χ0) is 14.5. The summed E-state index contributed by atoms with van der Waals surface area (Å²) in [7, 11) is 0. The van der Waals surface area contributed by atoms with Crippen molar-refractivity contribution in [3.63, 3.8) is 0 Å². The van der Waals surface area contributed by atoms with Gasteiger partial charge in [0.25, 0.3) is 5.91 Å².